The number of ether oxygens (including phenoxy) is 1. The van der Waals surface area contributed by atoms with Crippen LogP contribution in [0.25, 0.3) is 0 Å². The molecule has 0 amide bonds. The van der Waals surface area contributed by atoms with Crippen LogP contribution in [-0.2, 0) is 4.57 Å². The molecule has 0 heterocycles. The molecule has 140 valence electrons. The van der Waals surface area contributed by atoms with Gasteiger partial charge < -0.3 is 13.8 Å². The third kappa shape index (κ3) is 4.89. The zero-order valence-corrected chi connectivity index (χ0v) is 16.7. The maximum absolute atomic E-state index is 13.6. The van der Waals surface area contributed by atoms with E-state index in [-0.39, 0.29) is 11.5 Å². The van der Waals surface area contributed by atoms with Crippen LogP contribution in [0.4, 0.5) is 5.69 Å². The summed E-state index contributed by atoms with van der Waals surface area (Å²) >= 11 is 12.3. The summed E-state index contributed by atoms with van der Waals surface area (Å²) in [6, 6.07) is 20.3. The van der Waals surface area contributed by atoms with Crippen LogP contribution in [0.2, 0.25) is 10.0 Å². The first kappa shape index (κ1) is 19.4. The smallest absolute Gasteiger partial charge is 0.495 e. The van der Waals surface area contributed by atoms with Crippen LogP contribution in [0.3, 0.4) is 0 Å². The number of nitrogens with one attached hydrogen (secondary N) is 1. The van der Waals surface area contributed by atoms with Crippen LogP contribution in [0, 0.1) is 0 Å². The van der Waals surface area contributed by atoms with Crippen LogP contribution in [0.1, 0.15) is 0 Å². The van der Waals surface area contributed by atoms with Crippen molar-refractivity contribution in [2.45, 2.75) is 0 Å². The fourth-order valence-electron chi connectivity index (χ4n) is 2.25. The second kappa shape index (κ2) is 8.57. The Morgan fingerprint density at radius 1 is 0.741 bits per heavy atom. The lowest BCUT2D eigenvalue weighted by Crippen LogP contribution is -2.11. The Hall–Kier alpha value is -2.33. The minimum atomic E-state index is -3.98. The number of hydrogen-bond acceptors (Lipinski definition) is 4. The van der Waals surface area contributed by atoms with Crippen LogP contribution >= 0.6 is 30.9 Å². The summed E-state index contributed by atoms with van der Waals surface area (Å²) in [7, 11) is -2.47. The molecular formula is C19H16Cl2NO4P. The summed E-state index contributed by atoms with van der Waals surface area (Å²) in [5.74, 6) is 0.886. The Kier molecular flexibility index (Phi) is 6.17. The van der Waals surface area contributed by atoms with Crippen LogP contribution in [0.15, 0.2) is 72.8 Å². The first-order valence-corrected chi connectivity index (χ1v) is 10.2. The van der Waals surface area contributed by atoms with Crippen molar-refractivity contribution in [3.63, 3.8) is 0 Å². The van der Waals surface area contributed by atoms with Crippen LogP contribution < -0.4 is 18.9 Å². The summed E-state index contributed by atoms with van der Waals surface area (Å²) in [4.78, 5) is 0. The van der Waals surface area contributed by atoms with Gasteiger partial charge in [0.1, 0.15) is 5.75 Å². The predicted octanol–water partition coefficient (Wildman–Crippen LogP) is 6.68. The molecule has 0 saturated heterocycles. The Labute approximate surface area is 167 Å². The normalized spacial score (nSPS) is 10.9. The first-order valence-electron chi connectivity index (χ1n) is 7.90. The second-order valence-corrected chi connectivity index (χ2v) is 7.75. The van der Waals surface area contributed by atoms with Gasteiger partial charge in [0.05, 0.1) is 22.8 Å². The summed E-state index contributed by atoms with van der Waals surface area (Å²) in [5, 5.41) is 3.38. The van der Waals surface area contributed by atoms with Gasteiger partial charge in [-0.1, -0.05) is 59.6 Å². The van der Waals surface area contributed by atoms with Crippen molar-refractivity contribution in [1.82, 2.24) is 0 Å². The van der Waals surface area contributed by atoms with Gasteiger partial charge in [0.25, 0.3) is 0 Å². The van der Waals surface area contributed by atoms with Gasteiger partial charge in [-0.2, -0.15) is 0 Å². The molecule has 0 aliphatic carbocycles. The Morgan fingerprint density at radius 3 is 1.67 bits per heavy atom. The van der Waals surface area contributed by atoms with Crippen molar-refractivity contribution < 1.29 is 18.3 Å². The summed E-state index contributed by atoms with van der Waals surface area (Å²) in [6.45, 7) is 0. The van der Waals surface area contributed by atoms with Crippen molar-refractivity contribution in [2.24, 2.45) is 0 Å². The summed E-state index contributed by atoms with van der Waals surface area (Å²) in [5.41, 5.74) is 0.433. The fraction of sp³-hybridized carbons (Fsp3) is 0.0526. The molecule has 5 nitrogen and oxygen atoms in total. The van der Waals surface area contributed by atoms with E-state index < -0.39 is 7.75 Å². The largest absolute Gasteiger partial charge is 0.541 e. The monoisotopic (exact) mass is 423 g/mol. The van der Waals surface area contributed by atoms with Crippen LogP contribution in [0.5, 0.6) is 17.2 Å². The Bertz CT molecular complexity index is 932. The lowest BCUT2D eigenvalue weighted by atomic mass is 10.3. The summed E-state index contributed by atoms with van der Waals surface area (Å²) in [6.07, 6.45) is 0. The van der Waals surface area contributed by atoms with Gasteiger partial charge in [0, 0.05) is 0 Å². The number of para-hydroxylation sites is 4. The lowest BCUT2D eigenvalue weighted by molar-refractivity contribution is 0.391. The zero-order chi connectivity index (χ0) is 19.3. The molecule has 3 aromatic rings. The number of anilines is 1. The van der Waals surface area contributed by atoms with E-state index in [0.717, 1.165) is 0 Å². The number of hydrogen-bond donors (Lipinski definition) is 1. The van der Waals surface area contributed by atoms with Crippen molar-refractivity contribution >= 4 is 36.6 Å². The average Bonchev–Trinajstić information content (AvgIpc) is 2.66. The quantitative estimate of drug-likeness (QED) is 0.429. The molecule has 3 rings (SSSR count). The molecule has 0 aromatic heterocycles. The van der Waals surface area contributed by atoms with Crippen molar-refractivity contribution in [1.29, 1.82) is 0 Å². The molecule has 3 aromatic carbocycles. The number of rotatable bonds is 7. The highest BCUT2D eigenvalue weighted by atomic mass is 35.5. The van der Waals surface area contributed by atoms with Gasteiger partial charge in [-0.25, -0.2) is 4.57 Å². The minimum absolute atomic E-state index is 0.206. The van der Waals surface area contributed by atoms with E-state index in [1.54, 1.807) is 72.8 Å². The maximum Gasteiger partial charge on any atom is 0.541 e. The van der Waals surface area contributed by atoms with Gasteiger partial charge in [0.15, 0.2) is 11.5 Å². The topological polar surface area (TPSA) is 56.8 Å². The molecule has 0 aliphatic rings. The van der Waals surface area contributed by atoms with Crippen LogP contribution in [-0.4, -0.2) is 7.11 Å². The van der Waals surface area contributed by atoms with Crippen molar-refractivity contribution in [3.8, 4) is 17.2 Å². The van der Waals surface area contributed by atoms with E-state index in [1.807, 2.05) is 0 Å². The fourth-order valence-corrected chi connectivity index (χ4v) is 4.15. The third-order valence-electron chi connectivity index (χ3n) is 3.47. The standard InChI is InChI=1S/C19H16Cl2NO4P/c1-24-19-13-7-4-10-16(19)22-27(23,25-17-11-5-2-8-14(17)20)26-18-12-6-3-9-15(18)21/h2-13H,1H3,(H,22,23). The van der Waals surface area contributed by atoms with Gasteiger partial charge in [0.2, 0.25) is 0 Å². The summed E-state index contributed by atoms with van der Waals surface area (Å²) < 4.78 is 30.2. The zero-order valence-electron chi connectivity index (χ0n) is 14.3. The minimum Gasteiger partial charge on any atom is -0.495 e. The number of benzene rings is 3. The maximum atomic E-state index is 13.6. The molecule has 0 atom stereocenters. The van der Waals surface area contributed by atoms with Gasteiger partial charge in [-0.05, 0) is 36.4 Å². The van der Waals surface area contributed by atoms with Crippen molar-refractivity contribution in [2.75, 3.05) is 12.2 Å². The van der Waals surface area contributed by atoms with E-state index in [2.05, 4.69) is 5.09 Å². The molecule has 0 saturated carbocycles. The molecule has 0 fully saturated rings. The predicted molar refractivity (Wildman–Crippen MR) is 108 cm³/mol. The molecule has 0 spiro atoms. The highest BCUT2D eigenvalue weighted by molar-refractivity contribution is 7.56. The number of methoxy groups -OCH3 is 1. The Balaban J connectivity index is 1.99. The van der Waals surface area contributed by atoms with E-state index in [9.17, 15) is 4.57 Å². The molecule has 0 unspecified atom stereocenters. The molecular weight excluding hydrogens is 408 g/mol. The molecule has 0 radical (unpaired) electrons. The van der Waals surface area contributed by atoms with E-state index in [0.29, 0.717) is 21.5 Å². The molecule has 0 aliphatic heterocycles. The van der Waals surface area contributed by atoms with Gasteiger partial charge in [-0.3, -0.25) is 5.09 Å². The third-order valence-corrected chi connectivity index (χ3v) is 5.49. The first-order chi connectivity index (χ1) is 13.0. The molecule has 27 heavy (non-hydrogen) atoms. The van der Waals surface area contributed by atoms with E-state index in [4.69, 9.17) is 37.0 Å². The van der Waals surface area contributed by atoms with Crippen molar-refractivity contribution in [3.05, 3.63) is 82.8 Å². The number of halogens is 2. The lowest BCUT2D eigenvalue weighted by Gasteiger charge is -2.22. The molecule has 8 heteroatoms. The van der Waals surface area contributed by atoms with Gasteiger partial charge in [-0.15, -0.1) is 0 Å². The highest BCUT2D eigenvalue weighted by Crippen LogP contribution is 2.52. The van der Waals surface area contributed by atoms with Gasteiger partial charge >= 0.3 is 7.75 Å². The Morgan fingerprint density at radius 2 is 1.19 bits per heavy atom. The van der Waals surface area contributed by atoms with E-state index in [1.165, 1.54) is 7.11 Å². The molecule has 0 bridgehead atoms. The molecule has 1 N–H and O–H groups in total. The second-order valence-electron chi connectivity index (χ2n) is 5.35. The average molecular weight is 424 g/mol. The SMILES string of the molecule is COc1ccccc1NP(=O)(Oc1ccccc1Cl)Oc1ccccc1Cl. The van der Waals surface area contributed by atoms with E-state index >= 15 is 0 Å². The highest BCUT2D eigenvalue weighted by Gasteiger charge is 2.31.